The number of hydrogen-bond donors (Lipinski definition) is 1. The van der Waals surface area contributed by atoms with Crippen molar-refractivity contribution in [2.75, 3.05) is 6.61 Å². The molecule has 1 aromatic carbocycles. The zero-order valence-corrected chi connectivity index (χ0v) is 11.4. The van der Waals surface area contributed by atoms with Crippen LogP contribution in [0.1, 0.15) is 43.0 Å². The van der Waals surface area contributed by atoms with Gasteiger partial charge in [0.2, 0.25) is 0 Å². The highest BCUT2D eigenvalue weighted by Gasteiger charge is 2.10. The number of unbranched alkanes of at least 4 members (excludes halogenated alkanes) is 2. The van der Waals surface area contributed by atoms with Crippen molar-refractivity contribution in [3.63, 3.8) is 0 Å². The molecule has 0 aliphatic rings. The number of hydrogen-bond acceptors (Lipinski definition) is 5. The minimum atomic E-state index is -0.517. The summed E-state index contributed by atoms with van der Waals surface area (Å²) >= 11 is 0. The fourth-order valence-corrected chi connectivity index (χ4v) is 1.69. The fourth-order valence-electron chi connectivity index (χ4n) is 1.69. The number of nitro groups is 1. The van der Waals surface area contributed by atoms with Crippen molar-refractivity contribution in [1.82, 2.24) is 0 Å². The SMILES string of the molecule is C[C@H](O)CCCCCOC(=O)c1ccc([N+](=O)[O-])cc1. The van der Waals surface area contributed by atoms with Crippen molar-refractivity contribution in [1.29, 1.82) is 0 Å². The van der Waals surface area contributed by atoms with E-state index in [1.165, 1.54) is 24.3 Å². The minimum Gasteiger partial charge on any atom is -0.462 e. The van der Waals surface area contributed by atoms with Crippen molar-refractivity contribution in [2.45, 2.75) is 38.7 Å². The number of carbonyl (C=O) groups excluding carboxylic acids is 1. The van der Waals surface area contributed by atoms with E-state index in [-0.39, 0.29) is 11.8 Å². The molecule has 0 radical (unpaired) electrons. The quantitative estimate of drug-likeness (QED) is 0.342. The van der Waals surface area contributed by atoms with E-state index in [0.717, 1.165) is 25.7 Å². The van der Waals surface area contributed by atoms with Crippen molar-refractivity contribution < 1.29 is 19.6 Å². The van der Waals surface area contributed by atoms with Crippen LogP contribution in [0.5, 0.6) is 0 Å². The van der Waals surface area contributed by atoms with Gasteiger partial charge in [0, 0.05) is 12.1 Å². The molecule has 0 aliphatic carbocycles. The van der Waals surface area contributed by atoms with Crippen LogP contribution in [-0.2, 0) is 4.74 Å². The molecule has 6 heteroatoms. The second kappa shape index (κ2) is 8.27. The molecule has 0 aliphatic heterocycles. The predicted octanol–water partition coefficient (Wildman–Crippen LogP) is 2.69. The summed E-state index contributed by atoms with van der Waals surface area (Å²) in [6.07, 6.45) is 2.98. The van der Waals surface area contributed by atoms with Gasteiger partial charge in [-0.25, -0.2) is 4.79 Å². The molecule has 1 aromatic rings. The van der Waals surface area contributed by atoms with E-state index in [4.69, 9.17) is 9.84 Å². The van der Waals surface area contributed by atoms with Crippen molar-refractivity contribution in [3.8, 4) is 0 Å². The molecule has 1 N–H and O–H groups in total. The topological polar surface area (TPSA) is 89.7 Å². The number of rotatable bonds is 8. The molecular weight excluding hydrogens is 262 g/mol. The highest BCUT2D eigenvalue weighted by molar-refractivity contribution is 5.89. The third-order valence-corrected chi connectivity index (χ3v) is 2.81. The van der Waals surface area contributed by atoms with E-state index in [9.17, 15) is 14.9 Å². The monoisotopic (exact) mass is 281 g/mol. The van der Waals surface area contributed by atoms with Crippen LogP contribution in [-0.4, -0.2) is 28.7 Å². The number of benzene rings is 1. The number of carbonyl (C=O) groups is 1. The Morgan fingerprint density at radius 2 is 1.95 bits per heavy atom. The molecule has 20 heavy (non-hydrogen) atoms. The lowest BCUT2D eigenvalue weighted by molar-refractivity contribution is -0.384. The van der Waals surface area contributed by atoms with E-state index in [2.05, 4.69) is 0 Å². The summed E-state index contributed by atoms with van der Waals surface area (Å²) in [5.74, 6) is -0.476. The van der Waals surface area contributed by atoms with E-state index >= 15 is 0 Å². The van der Waals surface area contributed by atoms with Crippen LogP contribution in [0.15, 0.2) is 24.3 Å². The van der Waals surface area contributed by atoms with E-state index < -0.39 is 10.9 Å². The smallest absolute Gasteiger partial charge is 0.338 e. The Balaban J connectivity index is 2.27. The molecular formula is C14H19NO5. The van der Waals surface area contributed by atoms with Crippen LogP contribution in [0.2, 0.25) is 0 Å². The van der Waals surface area contributed by atoms with Crippen LogP contribution in [0.25, 0.3) is 0 Å². The van der Waals surface area contributed by atoms with E-state index in [1.54, 1.807) is 6.92 Å². The van der Waals surface area contributed by atoms with Gasteiger partial charge in [-0.3, -0.25) is 10.1 Å². The number of nitro benzene ring substituents is 1. The molecule has 0 spiro atoms. The number of esters is 1. The first-order valence-electron chi connectivity index (χ1n) is 6.60. The number of aliphatic hydroxyl groups is 1. The van der Waals surface area contributed by atoms with Crippen LogP contribution in [0, 0.1) is 10.1 Å². The Hall–Kier alpha value is -1.95. The Kier molecular flexibility index (Phi) is 6.66. The third kappa shape index (κ3) is 5.79. The lowest BCUT2D eigenvalue weighted by atomic mass is 10.1. The maximum Gasteiger partial charge on any atom is 0.338 e. The van der Waals surface area contributed by atoms with Crippen LogP contribution < -0.4 is 0 Å². The first-order valence-corrected chi connectivity index (χ1v) is 6.60. The molecule has 0 fully saturated rings. The molecule has 1 atom stereocenters. The summed E-state index contributed by atoms with van der Waals surface area (Å²) in [6, 6.07) is 5.32. The van der Waals surface area contributed by atoms with Gasteiger partial charge in [-0.15, -0.1) is 0 Å². The van der Waals surface area contributed by atoms with Gasteiger partial charge in [-0.1, -0.05) is 6.42 Å². The van der Waals surface area contributed by atoms with Gasteiger partial charge in [-0.05, 0) is 38.3 Å². The standard InChI is InChI=1S/C14H19NO5/c1-11(16)5-3-2-4-10-20-14(17)12-6-8-13(9-7-12)15(18)19/h6-9,11,16H,2-5,10H2,1H3/t11-/m0/s1. The van der Waals surface area contributed by atoms with Gasteiger partial charge in [0.1, 0.15) is 0 Å². The molecule has 6 nitrogen and oxygen atoms in total. The maximum absolute atomic E-state index is 11.6. The largest absolute Gasteiger partial charge is 0.462 e. The zero-order chi connectivity index (χ0) is 15.0. The second-order valence-electron chi connectivity index (χ2n) is 4.64. The van der Waals surface area contributed by atoms with Crippen molar-refractivity contribution >= 4 is 11.7 Å². The molecule has 0 saturated carbocycles. The van der Waals surface area contributed by atoms with Gasteiger partial charge in [0.05, 0.1) is 23.2 Å². The predicted molar refractivity (Wildman–Crippen MR) is 73.5 cm³/mol. The molecule has 0 unspecified atom stereocenters. The molecule has 0 amide bonds. The van der Waals surface area contributed by atoms with Crippen LogP contribution >= 0.6 is 0 Å². The van der Waals surface area contributed by atoms with E-state index in [0.29, 0.717) is 12.2 Å². The van der Waals surface area contributed by atoms with Gasteiger partial charge >= 0.3 is 5.97 Å². The number of nitrogens with zero attached hydrogens (tertiary/aromatic N) is 1. The molecule has 0 aromatic heterocycles. The summed E-state index contributed by atoms with van der Waals surface area (Å²) in [4.78, 5) is 21.6. The van der Waals surface area contributed by atoms with Crippen LogP contribution in [0.4, 0.5) is 5.69 Å². The average Bonchev–Trinajstić information content (AvgIpc) is 2.42. The lowest BCUT2D eigenvalue weighted by Crippen LogP contribution is -2.07. The summed E-state index contributed by atoms with van der Waals surface area (Å²) in [5, 5.41) is 19.5. The van der Waals surface area contributed by atoms with Gasteiger partial charge < -0.3 is 9.84 Å². The second-order valence-corrected chi connectivity index (χ2v) is 4.64. The fraction of sp³-hybridized carbons (Fsp3) is 0.500. The maximum atomic E-state index is 11.6. The summed E-state index contributed by atoms with van der Waals surface area (Å²) in [6.45, 7) is 2.06. The Morgan fingerprint density at radius 1 is 1.30 bits per heavy atom. The highest BCUT2D eigenvalue weighted by atomic mass is 16.6. The average molecular weight is 281 g/mol. The number of non-ortho nitro benzene ring substituents is 1. The molecule has 0 heterocycles. The summed E-state index contributed by atoms with van der Waals surface area (Å²) < 4.78 is 5.06. The number of ether oxygens (including phenoxy) is 1. The Labute approximate surface area is 117 Å². The first-order chi connectivity index (χ1) is 9.50. The summed E-state index contributed by atoms with van der Waals surface area (Å²) in [5.41, 5.74) is 0.249. The Morgan fingerprint density at radius 3 is 2.50 bits per heavy atom. The summed E-state index contributed by atoms with van der Waals surface area (Å²) in [7, 11) is 0. The van der Waals surface area contributed by atoms with Crippen LogP contribution in [0.3, 0.4) is 0 Å². The molecule has 0 bridgehead atoms. The third-order valence-electron chi connectivity index (χ3n) is 2.81. The van der Waals surface area contributed by atoms with Gasteiger partial charge in [0.25, 0.3) is 5.69 Å². The van der Waals surface area contributed by atoms with Crippen molar-refractivity contribution in [2.24, 2.45) is 0 Å². The molecule has 110 valence electrons. The Bertz CT molecular complexity index is 441. The lowest BCUT2D eigenvalue weighted by Gasteiger charge is -2.05. The highest BCUT2D eigenvalue weighted by Crippen LogP contribution is 2.13. The zero-order valence-electron chi connectivity index (χ0n) is 11.4. The normalized spacial score (nSPS) is 11.9. The minimum absolute atomic E-state index is 0.0559. The van der Waals surface area contributed by atoms with Gasteiger partial charge in [-0.2, -0.15) is 0 Å². The first kappa shape index (κ1) is 16.1. The molecule has 1 rings (SSSR count). The number of aliphatic hydroxyl groups excluding tert-OH is 1. The van der Waals surface area contributed by atoms with E-state index in [1.807, 2.05) is 0 Å². The molecule has 0 saturated heterocycles. The van der Waals surface area contributed by atoms with Crippen molar-refractivity contribution in [3.05, 3.63) is 39.9 Å². The van der Waals surface area contributed by atoms with Gasteiger partial charge in [0.15, 0.2) is 0 Å².